The number of para-hydroxylation sites is 1. The zero-order valence-electron chi connectivity index (χ0n) is 12.3. The van der Waals surface area contributed by atoms with Gasteiger partial charge in [0.15, 0.2) is 0 Å². The lowest BCUT2D eigenvalue weighted by molar-refractivity contribution is 0.0205. The maximum absolute atomic E-state index is 14.4. The van der Waals surface area contributed by atoms with Crippen molar-refractivity contribution in [3.05, 3.63) is 59.9 Å². The Hall–Kier alpha value is -1.87. The Labute approximate surface area is 125 Å². The zero-order valence-corrected chi connectivity index (χ0v) is 12.3. The van der Waals surface area contributed by atoms with E-state index in [-0.39, 0.29) is 12.0 Å². The molecule has 3 rings (SSSR count). The summed E-state index contributed by atoms with van der Waals surface area (Å²) in [6, 6.07) is 15.1. The second-order valence-electron chi connectivity index (χ2n) is 5.48. The van der Waals surface area contributed by atoms with E-state index in [1.807, 2.05) is 48.2 Å². The maximum Gasteiger partial charge on any atom is 0.146 e. The van der Waals surface area contributed by atoms with Gasteiger partial charge in [0, 0.05) is 12.3 Å². The van der Waals surface area contributed by atoms with E-state index in [2.05, 4.69) is 0 Å². The number of benzene rings is 2. The molecule has 1 unspecified atom stereocenters. The van der Waals surface area contributed by atoms with Crippen LogP contribution < -0.4 is 4.90 Å². The molecule has 1 aliphatic rings. The first-order valence-electron chi connectivity index (χ1n) is 7.48. The molecular formula is C18H20FNO. The van der Waals surface area contributed by atoms with Crippen molar-refractivity contribution in [1.82, 2.24) is 0 Å². The fraction of sp³-hybridized carbons (Fsp3) is 0.333. The normalized spacial score (nSPS) is 18.5. The number of halogens is 1. The van der Waals surface area contributed by atoms with Gasteiger partial charge in [-0.2, -0.15) is 0 Å². The van der Waals surface area contributed by atoms with Gasteiger partial charge in [-0.25, -0.2) is 4.39 Å². The lowest BCUT2D eigenvalue weighted by Crippen LogP contribution is -2.36. The van der Waals surface area contributed by atoms with Gasteiger partial charge in [-0.15, -0.1) is 0 Å². The van der Waals surface area contributed by atoms with Gasteiger partial charge in [-0.1, -0.05) is 24.3 Å². The minimum Gasteiger partial charge on any atom is -0.358 e. The quantitative estimate of drug-likeness (QED) is 0.803. The smallest absolute Gasteiger partial charge is 0.146 e. The van der Waals surface area contributed by atoms with E-state index in [9.17, 15) is 4.39 Å². The van der Waals surface area contributed by atoms with Gasteiger partial charge in [0.1, 0.15) is 12.0 Å². The van der Waals surface area contributed by atoms with Crippen molar-refractivity contribution in [3.63, 3.8) is 0 Å². The summed E-state index contributed by atoms with van der Waals surface area (Å²) in [7, 11) is 0. The van der Waals surface area contributed by atoms with Crippen molar-refractivity contribution in [2.24, 2.45) is 0 Å². The molecule has 0 radical (unpaired) electrons. The molecule has 3 heteroatoms. The average molecular weight is 285 g/mol. The standard InChI is InChI=1S/C18H20FNO/c1-14-10-11-16(19)17(13-14)20(15-7-3-2-4-8-15)18-9-5-6-12-21-18/h2-4,7-8,10-11,13,18H,5-6,9,12H2,1H3. The highest BCUT2D eigenvalue weighted by Crippen LogP contribution is 2.34. The summed E-state index contributed by atoms with van der Waals surface area (Å²) in [4.78, 5) is 1.99. The number of nitrogens with zero attached hydrogens (tertiary/aromatic N) is 1. The Morgan fingerprint density at radius 3 is 2.62 bits per heavy atom. The summed E-state index contributed by atoms with van der Waals surface area (Å²) >= 11 is 0. The Morgan fingerprint density at radius 1 is 1.10 bits per heavy atom. The van der Waals surface area contributed by atoms with Crippen LogP contribution in [0.25, 0.3) is 0 Å². The topological polar surface area (TPSA) is 12.5 Å². The fourth-order valence-corrected chi connectivity index (χ4v) is 2.78. The number of ether oxygens (including phenoxy) is 1. The third kappa shape index (κ3) is 3.08. The predicted octanol–water partition coefficient (Wildman–Crippen LogP) is 4.80. The van der Waals surface area contributed by atoms with Gasteiger partial charge < -0.3 is 9.64 Å². The van der Waals surface area contributed by atoms with Gasteiger partial charge in [-0.05, 0) is 56.0 Å². The molecule has 0 aliphatic carbocycles. The largest absolute Gasteiger partial charge is 0.358 e. The van der Waals surface area contributed by atoms with Crippen LogP contribution in [-0.2, 0) is 4.74 Å². The molecule has 1 fully saturated rings. The fourth-order valence-electron chi connectivity index (χ4n) is 2.78. The molecule has 0 bridgehead atoms. The number of anilines is 2. The monoisotopic (exact) mass is 285 g/mol. The highest BCUT2D eigenvalue weighted by Gasteiger charge is 2.25. The van der Waals surface area contributed by atoms with Crippen molar-refractivity contribution < 1.29 is 9.13 Å². The SMILES string of the molecule is Cc1ccc(F)c(N(c2ccccc2)C2CCCCO2)c1. The molecule has 0 saturated carbocycles. The lowest BCUT2D eigenvalue weighted by atomic mass is 10.1. The maximum atomic E-state index is 14.4. The Kier molecular flexibility index (Phi) is 4.20. The molecular weight excluding hydrogens is 265 g/mol. The lowest BCUT2D eigenvalue weighted by Gasteiger charge is -2.36. The molecule has 1 aliphatic heterocycles. The van der Waals surface area contributed by atoms with E-state index in [1.54, 1.807) is 6.07 Å². The molecule has 0 amide bonds. The zero-order chi connectivity index (χ0) is 14.7. The summed E-state index contributed by atoms with van der Waals surface area (Å²) in [6.07, 6.45) is 3.01. The highest BCUT2D eigenvalue weighted by atomic mass is 19.1. The van der Waals surface area contributed by atoms with E-state index in [0.29, 0.717) is 5.69 Å². The Morgan fingerprint density at radius 2 is 1.90 bits per heavy atom. The summed E-state index contributed by atoms with van der Waals surface area (Å²) in [5.41, 5.74) is 2.60. The summed E-state index contributed by atoms with van der Waals surface area (Å²) in [5.74, 6) is -0.210. The van der Waals surface area contributed by atoms with Crippen molar-refractivity contribution in [2.45, 2.75) is 32.4 Å². The first-order chi connectivity index (χ1) is 10.3. The van der Waals surface area contributed by atoms with Gasteiger partial charge in [0.05, 0.1) is 5.69 Å². The third-order valence-corrected chi connectivity index (χ3v) is 3.84. The van der Waals surface area contributed by atoms with Crippen LogP contribution in [0.15, 0.2) is 48.5 Å². The first kappa shape index (κ1) is 14.1. The van der Waals surface area contributed by atoms with Crippen LogP contribution in [0.3, 0.4) is 0 Å². The second-order valence-corrected chi connectivity index (χ2v) is 5.48. The number of hydrogen-bond acceptors (Lipinski definition) is 2. The van der Waals surface area contributed by atoms with Gasteiger partial charge in [-0.3, -0.25) is 0 Å². The van der Waals surface area contributed by atoms with E-state index in [1.165, 1.54) is 6.07 Å². The molecule has 0 N–H and O–H groups in total. The van der Waals surface area contributed by atoms with Crippen LogP contribution in [0.5, 0.6) is 0 Å². The molecule has 21 heavy (non-hydrogen) atoms. The molecule has 0 spiro atoms. The third-order valence-electron chi connectivity index (χ3n) is 3.84. The number of aryl methyl sites for hydroxylation is 1. The first-order valence-corrected chi connectivity index (χ1v) is 7.48. The minimum absolute atomic E-state index is 0.0996. The van der Waals surface area contributed by atoms with E-state index in [0.717, 1.165) is 37.1 Å². The molecule has 0 aromatic heterocycles. The molecule has 1 heterocycles. The summed E-state index contributed by atoms with van der Waals surface area (Å²) < 4.78 is 20.3. The van der Waals surface area contributed by atoms with E-state index < -0.39 is 0 Å². The molecule has 1 saturated heterocycles. The Bertz CT molecular complexity index is 593. The van der Waals surface area contributed by atoms with Crippen LogP contribution in [0.2, 0.25) is 0 Å². The van der Waals surface area contributed by atoms with Gasteiger partial charge in [0.2, 0.25) is 0 Å². The van der Waals surface area contributed by atoms with E-state index >= 15 is 0 Å². The number of rotatable bonds is 3. The molecule has 1 atom stereocenters. The molecule has 2 aromatic carbocycles. The second kappa shape index (κ2) is 6.27. The molecule has 2 aromatic rings. The molecule has 2 nitrogen and oxygen atoms in total. The van der Waals surface area contributed by atoms with Crippen molar-refractivity contribution in [3.8, 4) is 0 Å². The molecule has 110 valence electrons. The minimum atomic E-state index is -0.210. The summed E-state index contributed by atoms with van der Waals surface area (Å²) in [6.45, 7) is 2.72. The Balaban J connectivity index is 2.05. The van der Waals surface area contributed by atoms with Crippen molar-refractivity contribution in [2.75, 3.05) is 11.5 Å². The van der Waals surface area contributed by atoms with Crippen LogP contribution in [0.4, 0.5) is 15.8 Å². The average Bonchev–Trinajstić information content (AvgIpc) is 2.53. The van der Waals surface area contributed by atoms with Crippen molar-refractivity contribution in [1.29, 1.82) is 0 Å². The van der Waals surface area contributed by atoms with E-state index in [4.69, 9.17) is 4.74 Å². The number of hydrogen-bond donors (Lipinski definition) is 0. The van der Waals surface area contributed by atoms with Crippen LogP contribution >= 0.6 is 0 Å². The van der Waals surface area contributed by atoms with Gasteiger partial charge in [0.25, 0.3) is 0 Å². The van der Waals surface area contributed by atoms with Crippen LogP contribution in [0, 0.1) is 12.7 Å². The van der Waals surface area contributed by atoms with Crippen LogP contribution in [-0.4, -0.2) is 12.8 Å². The summed E-state index contributed by atoms with van der Waals surface area (Å²) in [5, 5.41) is 0. The van der Waals surface area contributed by atoms with Crippen LogP contribution in [0.1, 0.15) is 24.8 Å². The highest BCUT2D eigenvalue weighted by molar-refractivity contribution is 5.65. The van der Waals surface area contributed by atoms with Crippen molar-refractivity contribution >= 4 is 11.4 Å². The predicted molar refractivity (Wildman–Crippen MR) is 83.3 cm³/mol. The van der Waals surface area contributed by atoms with Gasteiger partial charge >= 0.3 is 0 Å².